The summed E-state index contributed by atoms with van der Waals surface area (Å²) in [4.78, 5) is 25.2. The highest BCUT2D eigenvalue weighted by Crippen LogP contribution is 2.27. The van der Waals surface area contributed by atoms with E-state index in [2.05, 4.69) is 10.6 Å². The van der Waals surface area contributed by atoms with Crippen molar-refractivity contribution in [3.63, 3.8) is 0 Å². The first-order valence-corrected chi connectivity index (χ1v) is 10.3. The second-order valence-corrected chi connectivity index (χ2v) is 8.18. The maximum absolute atomic E-state index is 12.6. The zero-order valence-electron chi connectivity index (χ0n) is 15.0. The van der Waals surface area contributed by atoms with Crippen molar-refractivity contribution in [2.45, 2.75) is 102 Å². The van der Waals surface area contributed by atoms with Gasteiger partial charge in [-0.2, -0.15) is 0 Å². The smallest absolute Gasteiger partial charge is 0.223 e. The largest absolute Gasteiger partial charge is 0.351 e. The number of amides is 2. The molecule has 0 radical (unpaired) electrons. The quantitative estimate of drug-likeness (QED) is 0.824. The van der Waals surface area contributed by atoms with Crippen molar-refractivity contribution in [2.24, 2.45) is 11.8 Å². The number of hydrogen-bond donors (Lipinski definition) is 2. The first-order valence-electron chi connectivity index (χ1n) is 10.3. The lowest BCUT2D eigenvalue weighted by atomic mass is 9.85. The summed E-state index contributed by atoms with van der Waals surface area (Å²) in [7, 11) is 0. The van der Waals surface area contributed by atoms with Crippen LogP contribution in [0, 0.1) is 11.8 Å². The van der Waals surface area contributed by atoms with Crippen LogP contribution in [0.5, 0.6) is 0 Å². The van der Waals surface area contributed by atoms with Crippen LogP contribution in [0.25, 0.3) is 0 Å². The van der Waals surface area contributed by atoms with E-state index in [4.69, 9.17) is 0 Å². The summed E-state index contributed by atoms with van der Waals surface area (Å²) in [5.74, 6) is 0.878. The Labute approximate surface area is 146 Å². The summed E-state index contributed by atoms with van der Waals surface area (Å²) in [6.07, 6.45) is 15.8. The highest BCUT2D eigenvalue weighted by molar-refractivity contribution is 5.80. The van der Waals surface area contributed by atoms with Gasteiger partial charge in [0.05, 0.1) is 0 Å². The van der Waals surface area contributed by atoms with Crippen molar-refractivity contribution < 1.29 is 9.59 Å². The number of hydrogen-bond acceptors (Lipinski definition) is 2. The molecule has 136 valence electrons. The lowest BCUT2D eigenvalue weighted by molar-refractivity contribution is -0.129. The molecule has 0 spiro atoms. The van der Waals surface area contributed by atoms with E-state index in [0.717, 1.165) is 51.4 Å². The Morgan fingerprint density at radius 1 is 0.500 bits per heavy atom. The lowest BCUT2D eigenvalue weighted by Gasteiger charge is -2.35. The minimum Gasteiger partial charge on any atom is -0.351 e. The van der Waals surface area contributed by atoms with Crippen molar-refractivity contribution >= 4 is 11.8 Å². The van der Waals surface area contributed by atoms with Gasteiger partial charge in [-0.15, -0.1) is 0 Å². The Kier molecular flexibility index (Phi) is 6.56. The maximum atomic E-state index is 12.6. The Bertz CT molecular complexity index is 385. The van der Waals surface area contributed by atoms with Crippen molar-refractivity contribution in [3.05, 3.63) is 0 Å². The molecule has 24 heavy (non-hydrogen) atoms. The van der Waals surface area contributed by atoms with E-state index in [1.807, 2.05) is 0 Å². The second-order valence-electron chi connectivity index (χ2n) is 8.18. The Morgan fingerprint density at radius 2 is 0.833 bits per heavy atom. The fraction of sp³-hybridized carbons (Fsp3) is 0.900. The molecule has 2 N–H and O–H groups in total. The van der Waals surface area contributed by atoms with Gasteiger partial charge in [0.1, 0.15) is 0 Å². The predicted octanol–water partition coefficient (Wildman–Crippen LogP) is 3.69. The van der Waals surface area contributed by atoms with Crippen LogP contribution in [0.4, 0.5) is 0 Å². The Hall–Kier alpha value is -1.06. The van der Waals surface area contributed by atoms with Gasteiger partial charge < -0.3 is 10.6 Å². The number of carbonyl (C=O) groups excluding carboxylic acids is 2. The van der Waals surface area contributed by atoms with Crippen LogP contribution < -0.4 is 10.6 Å². The van der Waals surface area contributed by atoms with Crippen LogP contribution in [0.2, 0.25) is 0 Å². The molecule has 3 fully saturated rings. The SMILES string of the molecule is O=C(NC1CCCCC1NC(=O)C1CCCCC1)C1CCCCC1. The van der Waals surface area contributed by atoms with Crippen LogP contribution in [-0.2, 0) is 9.59 Å². The molecule has 3 saturated carbocycles. The van der Waals surface area contributed by atoms with Crippen LogP contribution >= 0.6 is 0 Å². The first kappa shape index (κ1) is 17.8. The van der Waals surface area contributed by atoms with Crippen molar-refractivity contribution in [3.8, 4) is 0 Å². The topological polar surface area (TPSA) is 58.2 Å². The molecule has 0 heterocycles. The van der Waals surface area contributed by atoms with Gasteiger partial charge in [0, 0.05) is 23.9 Å². The third-order valence-corrected chi connectivity index (χ3v) is 6.37. The monoisotopic (exact) mass is 334 g/mol. The second kappa shape index (κ2) is 8.87. The maximum Gasteiger partial charge on any atom is 0.223 e. The van der Waals surface area contributed by atoms with Gasteiger partial charge in [-0.25, -0.2) is 0 Å². The van der Waals surface area contributed by atoms with Crippen LogP contribution in [0.1, 0.15) is 89.9 Å². The van der Waals surface area contributed by atoms with Crippen molar-refractivity contribution in [1.29, 1.82) is 0 Å². The summed E-state index contributed by atoms with van der Waals surface area (Å²) in [6.45, 7) is 0. The Balaban J connectivity index is 1.52. The first-order chi connectivity index (χ1) is 11.7. The van der Waals surface area contributed by atoms with Gasteiger partial charge in [-0.05, 0) is 38.5 Å². The Morgan fingerprint density at radius 3 is 1.21 bits per heavy atom. The summed E-state index contributed by atoms with van der Waals surface area (Å²) in [5, 5.41) is 6.59. The molecule has 4 heteroatoms. The molecule has 0 aromatic heterocycles. The molecule has 0 aliphatic heterocycles. The van der Waals surface area contributed by atoms with Gasteiger partial charge in [0.15, 0.2) is 0 Å². The molecule has 0 bridgehead atoms. The highest BCUT2D eigenvalue weighted by Gasteiger charge is 2.32. The van der Waals surface area contributed by atoms with E-state index in [0.29, 0.717) is 0 Å². The average Bonchev–Trinajstić information content (AvgIpc) is 2.64. The van der Waals surface area contributed by atoms with E-state index >= 15 is 0 Å². The summed E-state index contributed by atoms with van der Waals surface area (Å²) in [5.41, 5.74) is 0. The molecule has 2 amide bonds. The van der Waals surface area contributed by atoms with Gasteiger partial charge in [0.25, 0.3) is 0 Å². The third kappa shape index (κ3) is 4.73. The summed E-state index contributed by atoms with van der Waals surface area (Å²) in [6, 6.07) is 0.279. The molecule has 2 unspecified atom stereocenters. The minimum absolute atomic E-state index is 0.140. The van der Waals surface area contributed by atoms with Crippen LogP contribution in [-0.4, -0.2) is 23.9 Å². The molecule has 0 aromatic carbocycles. The summed E-state index contributed by atoms with van der Waals surface area (Å²) >= 11 is 0. The molecular formula is C20H34N2O2. The summed E-state index contributed by atoms with van der Waals surface area (Å²) < 4.78 is 0. The number of nitrogens with one attached hydrogen (secondary N) is 2. The molecular weight excluding hydrogens is 300 g/mol. The fourth-order valence-electron chi connectivity index (χ4n) is 4.81. The number of carbonyl (C=O) groups is 2. The van der Waals surface area contributed by atoms with Crippen LogP contribution in [0.15, 0.2) is 0 Å². The van der Waals surface area contributed by atoms with Crippen LogP contribution in [0.3, 0.4) is 0 Å². The molecule has 3 aliphatic rings. The zero-order valence-corrected chi connectivity index (χ0v) is 15.0. The zero-order chi connectivity index (χ0) is 16.8. The van der Waals surface area contributed by atoms with Gasteiger partial charge in [-0.3, -0.25) is 9.59 Å². The average molecular weight is 335 g/mol. The lowest BCUT2D eigenvalue weighted by Crippen LogP contribution is -2.55. The molecule has 0 aromatic rings. The fourth-order valence-corrected chi connectivity index (χ4v) is 4.81. The normalized spacial score (nSPS) is 29.8. The minimum atomic E-state index is 0.140. The molecule has 2 atom stereocenters. The number of rotatable bonds is 4. The molecule has 0 saturated heterocycles. The third-order valence-electron chi connectivity index (χ3n) is 6.37. The van der Waals surface area contributed by atoms with E-state index in [9.17, 15) is 9.59 Å². The van der Waals surface area contributed by atoms with Gasteiger partial charge in [-0.1, -0.05) is 51.4 Å². The van der Waals surface area contributed by atoms with Gasteiger partial charge >= 0.3 is 0 Å². The van der Waals surface area contributed by atoms with E-state index in [1.165, 1.54) is 38.5 Å². The van der Waals surface area contributed by atoms with E-state index in [-0.39, 0.29) is 35.7 Å². The molecule has 4 nitrogen and oxygen atoms in total. The van der Waals surface area contributed by atoms with E-state index < -0.39 is 0 Å². The van der Waals surface area contributed by atoms with E-state index in [1.54, 1.807) is 0 Å². The van der Waals surface area contributed by atoms with Crippen molar-refractivity contribution in [2.75, 3.05) is 0 Å². The van der Waals surface area contributed by atoms with Gasteiger partial charge in [0.2, 0.25) is 11.8 Å². The highest BCUT2D eigenvalue weighted by atomic mass is 16.2. The molecule has 3 aliphatic carbocycles. The standard InChI is InChI=1S/C20H34N2O2/c23-19(15-9-3-1-4-10-15)21-17-13-7-8-14-18(17)22-20(24)16-11-5-2-6-12-16/h15-18H,1-14H2,(H,21,23)(H,22,24). The predicted molar refractivity (Wildman–Crippen MR) is 95.5 cm³/mol. The van der Waals surface area contributed by atoms with Crippen molar-refractivity contribution in [1.82, 2.24) is 10.6 Å². The molecule has 3 rings (SSSR count).